The molecule has 3 aromatic rings. The highest BCUT2D eigenvalue weighted by Gasteiger charge is 2.20. The summed E-state index contributed by atoms with van der Waals surface area (Å²) in [4.78, 5) is 30.3. The minimum Gasteiger partial charge on any atom is -0.336 e. The molecular weight excluding hydrogens is 316 g/mol. The molecule has 1 aliphatic heterocycles. The van der Waals surface area contributed by atoms with Crippen LogP contribution in [0.3, 0.4) is 0 Å². The lowest BCUT2D eigenvalue weighted by atomic mass is 10.1. The van der Waals surface area contributed by atoms with E-state index < -0.39 is 0 Å². The molecule has 0 saturated carbocycles. The van der Waals surface area contributed by atoms with Crippen LogP contribution >= 0.6 is 0 Å². The van der Waals surface area contributed by atoms with Gasteiger partial charge in [0.05, 0.1) is 11.1 Å². The first-order valence-electron chi connectivity index (χ1n) is 8.03. The van der Waals surface area contributed by atoms with E-state index in [0.717, 1.165) is 11.1 Å². The third-order valence-corrected chi connectivity index (χ3v) is 4.17. The number of hydrogen-bond donors (Lipinski definition) is 2. The second-order valence-electron chi connectivity index (χ2n) is 5.77. The van der Waals surface area contributed by atoms with Gasteiger partial charge < -0.3 is 10.6 Å². The maximum atomic E-state index is 12.6. The van der Waals surface area contributed by atoms with E-state index in [4.69, 9.17) is 0 Å². The largest absolute Gasteiger partial charge is 0.336 e. The zero-order valence-corrected chi connectivity index (χ0v) is 13.4. The number of carbonyl (C=O) groups excluding carboxylic acids is 2. The summed E-state index contributed by atoms with van der Waals surface area (Å²) >= 11 is 0. The lowest BCUT2D eigenvalue weighted by molar-refractivity contribution is 0.102. The van der Waals surface area contributed by atoms with Crippen molar-refractivity contribution in [3.05, 3.63) is 66.4 Å². The van der Waals surface area contributed by atoms with Crippen LogP contribution in [0.5, 0.6) is 0 Å². The Morgan fingerprint density at radius 2 is 1.88 bits per heavy atom. The number of urea groups is 1. The summed E-state index contributed by atoms with van der Waals surface area (Å²) in [5.41, 5.74) is 2.68. The Kier molecular flexibility index (Phi) is 3.78. The van der Waals surface area contributed by atoms with Gasteiger partial charge in [-0.2, -0.15) is 0 Å². The molecule has 1 aliphatic rings. The summed E-state index contributed by atoms with van der Waals surface area (Å²) in [6, 6.07) is 16.4. The number of hydrogen-bond acceptors (Lipinski definition) is 3. The second-order valence-corrected chi connectivity index (χ2v) is 5.77. The first-order chi connectivity index (χ1) is 12.2. The molecule has 0 spiro atoms. The average molecular weight is 332 g/mol. The number of aromatic nitrogens is 1. The Morgan fingerprint density at radius 1 is 1.08 bits per heavy atom. The van der Waals surface area contributed by atoms with Gasteiger partial charge in [0.25, 0.3) is 5.91 Å². The zero-order chi connectivity index (χ0) is 17.2. The third kappa shape index (κ3) is 2.89. The van der Waals surface area contributed by atoms with Gasteiger partial charge in [-0.25, -0.2) is 4.79 Å². The molecule has 6 heteroatoms. The van der Waals surface area contributed by atoms with Crippen molar-refractivity contribution >= 4 is 34.2 Å². The second kappa shape index (κ2) is 6.24. The Balaban J connectivity index is 1.55. The molecule has 25 heavy (non-hydrogen) atoms. The maximum absolute atomic E-state index is 12.6. The van der Waals surface area contributed by atoms with Gasteiger partial charge in [-0.1, -0.05) is 18.2 Å². The Hall–Kier alpha value is -3.41. The highest BCUT2D eigenvalue weighted by molar-refractivity contribution is 6.11. The van der Waals surface area contributed by atoms with Crippen molar-refractivity contribution in [2.45, 2.75) is 0 Å². The number of benzene rings is 2. The number of anilines is 2. The number of carbonyl (C=O) groups is 2. The van der Waals surface area contributed by atoms with Crippen molar-refractivity contribution in [2.75, 3.05) is 23.3 Å². The lowest BCUT2D eigenvalue weighted by Crippen LogP contribution is -2.27. The zero-order valence-electron chi connectivity index (χ0n) is 13.4. The van der Waals surface area contributed by atoms with Crippen molar-refractivity contribution in [1.29, 1.82) is 0 Å². The molecule has 1 saturated heterocycles. The van der Waals surface area contributed by atoms with Crippen LogP contribution in [0.1, 0.15) is 10.4 Å². The van der Waals surface area contributed by atoms with Crippen LogP contribution in [0.15, 0.2) is 60.8 Å². The SMILES string of the molecule is O=C(Nc1ccc(N2CCNC2=O)cc1)c1cccc2cccnc12. The molecule has 0 bridgehead atoms. The first kappa shape index (κ1) is 15.1. The fourth-order valence-electron chi connectivity index (χ4n) is 2.93. The topological polar surface area (TPSA) is 74.3 Å². The summed E-state index contributed by atoms with van der Waals surface area (Å²) in [6.07, 6.45) is 1.68. The molecule has 1 aromatic heterocycles. The number of amides is 3. The Bertz CT molecular complexity index is 948. The molecule has 2 heterocycles. The Morgan fingerprint density at radius 3 is 2.64 bits per heavy atom. The first-order valence-corrected chi connectivity index (χ1v) is 8.03. The number of para-hydroxylation sites is 1. The van der Waals surface area contributed by atoms with E-state index in [1.807, 2.05) is 36.4 Å². The van der Waals surface area contributed by atoms with Gasteiger partial charge in [-0.3, -0.25) is 14.7 Å². The molecule has 0 radical (unpaired) electrons. The van der Waals surface area contributed by atoms with Gasteiger partial charge >= 0.3 is 6.03 Å². The summed E-state index contributed by atoms with van der Waals surface area (Å²) in [5.74, 6) is -0.212. The molecular formula is C19H16N4O2. The van der Waals surface area contributed by atoms with E-state index in [0.29, 0.717) is 29.9 Å². The van der Waals surface area contributed by atoms with Crippen molar-refractivity contribution in [3.63, 3.8) is 0 Å². The minimum absolute atomic E-state index is 0.0985. The van der Waals surface area contributed by atoms with E-state index in [-0.39, 0.29) is 11.9 Å². The van der Waals surface area contributed by atoms with Crippen molar-refractivity contribution in [2.24, 2.45) is 0 Å². The third-order valence-electron chi connectivity index (χ3n) is 4.17. The molecule has 124 valence electrons. The molecule has 1 fully saturated rings. The van der Waals surface area contributed by atoms with Crippen LogP contribution in [0, 0.1) is 0 Å². The molecule has 0 atom stereocenters. The van der Waals surface area contributed by atoms with Gasteiger partial charge in [0, 0.05) is 36.0 Å². The quantitative estimate of drug-likeness (QED) is 0.774. The van der Waals surface area contributed by atoms with E-state index in [9.17, 15) is 9.59 Å². The van der Waals surface area contributed by atoms with Crippen LogP contribution in [0.4, 0.5) is 16.2 Å². The molecule has 6 nitrogen and oxygen atoms in total. The number of fused-ring (bicyclic) bond motifs is 1. The Labute approximate surface area is 144 Å². The lowest BCUT2D eigenvalue weighted by Gasteiger charge is -2.15. The predicted molar refractivity (Wildman–Crippen MR) is 96.9 cm³/mol. The number of rotatable bonds is 3. The van der Waals surface area contributed by atoms with E-state index in [1.54, 1.807) is 29.3 Å². The van der Waals surface area contributed by atoms with Gasteiger partial charge in [0.15, 0.2) is 0 Å². The van der Waals surface area contributed by atoms with Crippen LogP contribution in [0.2, 0.25) is 0 Å². The van der Waals surface area contributed by atoms with Crippen molar-refractivity contribution in [3.8, 4) is 0 Å². The molecule has 4 rings (SSSR count). The van der Waals surface area contributed by atoms with Crippen LogP contribution in [-0.2, 0) is 0 Å². The standard InChI is InChI=1S/C19H16N4O2/c24-18(16-5-1-3-13-4-2-10-20-17(13)16)22-14-6-8-15(9-7-14)23-12-11-21-19(23)25/h1-10H,11-12H2,(H,21,25)(H,22,24). The molecule has 2 N–H and O–H groups in total. The number of nitrogens with one attached hydrogen (secondary N) is 2. The highest BCUT2D eigenvalue weighted by Crippen LogP contribution is 2.21. The molecule has 2 aromatic carbocycles. The fraction of sp³-hybridized carbons (Fsp3) is 0.105. The summed E-state index contributed by atoms with van der Waals surface area (Å²) in [6.45, 7) is 1.29. The van der Waals surface area contributed by atoms with E-state index in [2.05, 4.69) is 15.6 Å². The summed E-state index contributed by atoms with van der Waals surface area (Å²) in [5, 5.41) is 6.57. The smallest absolute Gasteiger partial charge is 0.321 e. The van der Waals surface area contributed by atoms with Gasteiger partial charge in [-0.15, -0.1) is 0 Å². The summed E-state index contributed by atoms with van der Waals surface area (Å²) < 4.78 is 0. The molecule has 0 aliphatic carbocycles. The van der Waals surface area contributed by atoms with E-state index in [1.165, 1.54) is 0 Å². The van der Waals surface area contributed by atoms with Gasteiger partial charge in [-0.05, 0) is 36.4 Å². The van der Waals surface area contributed by atoms with Crippen molar-refractivity contribution in [1.82, 2.24) is 10.3 Å². The number of pyridine rings is 1. The molecule has 0 unspecified atom stereocenters. The fourth-order valence-corrected chi connectivity index (χ4v) is 2.93. The normalized spacial score (nSPS) is 13.8. The van der Waals surface area contributed by atoms with Gasteiger partial charge in [0.1, 0.15) is 0 Å². The minimum atomic E-state index is -0.212. The summed E-state index contributed by atoms with van der Waals surface area (Å²) in [7, 11) is 0. The monoisotopic (exact) mass is 332 g/mol. The van der Waals surface area contributed by atoms with Crippen LogP contribution in [-0.4, -0.2) is 30.0 Å². The van der Waals surface area contributed by atoms with Crippen molar-refractivity contribution < 1.29 is 9.59 Å². The average Bonchev–Trinajstić information content (AvgIpc) is 3.08. The number of nitrogens with zero attached hydrogens (tertiary/aromatic N) is 2. The van der Waals surface area contributed by atoms with Gasteiger partial charge in [0.2, 0.25) is 0 Å². The van der Waals surface area contributed by atoms with Crippen LogP contribution in [0.25, 0.3) is 10.9 Å². The van der Waals surface area contributed by atoms with E-state index >= 15 is 0 Å². The predicted octanol–water partition coefficient (Wildman–Crippen LogP) is 3.02. The molecule has 3 amide bonds. The highest BCUT2D eigenvalue weighted by atomic mass is 16.2. The van der Waals surface area contributed by atoms with Crippen LogP contribution < -0.4 is 15.5 Å². The maximum Gasteiger partial charge on any atom is 0.321 e.